The molecular formula is C14H20N2O4S. The molecule has 2 rings (SSSR count). The van der Waals surface area contributed by atoms with E-state index in [1.54, 1.807) is 12.3 Å². The molecule has 1 aliphatic heterocycles. The van der Waals surface area contributed by atoms with Crippen LogP contribution in [-0.2, 0) is 11.2 Å². The third-order valence-corrected chi connectivity index (χ3v) is 4.97. The van der Waals surface area contributed by atoms with E-state index < -0.39 is 12.0 Å². The van der Waals surface area contributed by atoms with Crippen molar-refractivity contribution < 1.29 is 19.1 Å². The van der Waals surface area contributed by atoms with Crippen molar-refractivity contribution in [1.29, 1.82) is 0 Å². The van der Waals surface area contributed by atoms with Crippen LogP contribution in [0.4, 0.5) is 4.79 Å². The molecule has 0 spiro atoms. The number of carboxylic acid groups (broad SMARTS) is 1. The third-order valence-electron chi connectivity index (χ3n) is 3.35. The molecule has 2 unspecified atom stereocenters. The Bertz CT molecular complexity index is 489. The van der Waals surface area contributed by atoms with Gasteiger partial charge in [-0.3, -0.25) is 4.90 Å². The number of furan rings is 1. The average Bonchev–Trinajstić information content (AvgIpc) is 3.07. The summed E-state index contributed by atoms with van der Waals surface area (Å²) in [7, 11) is 0. The molecule has 0 aromatic carbocycles. The van der Waals surface area contributed by atoms with Gasteiger partial charge in [0.05, 0.1) is 11.6 Å². The lowest BCUT2D eigenvalue weighted by atomic mass is 10.2. The van der Waals surface area contributed by atoms with Crippen molar-refractivity contribution in [3.63, 3.8) is 0 Å². The van der Waals surface area contributed by atoms with Gasteiger partial charge in [0.1, 0.15) is 11.8 Å². The summed E-state index contributed by atoms with van der Waals surface area (Å²) in [5, 5.41) is 11.9. The Morgan fingerprint density at radius 2 is 2.33 bits per heavy atom. The fourth-order valence-electron chi connectivity index (χ4n) is 2.33. The summed E-state index contributed by atoms with van der Waals surface area (Å²) in [5.41, 5.74) is 0. The summed E-state index contributed by atoms with van der Waals surface area (Å²) in [6.07, 6.45) is 2.17. The van der Waals surface area contributed by atoms with E-state index in [1.165, 1.54) is 16.7 Å². The molecule has 0 aliphatic carbocycles. The first-order valence-corrected chi connectivity index (χ1v) is 7.98. The quantitative estimate of drug-likeness (QED) is 0.869. The number of amides is 2. The molecule has 1 aliphatic rings. The lowest BCUT2D eigenvalue weighted by Gasteiger charge is -2.29. The summed E-state index contributed by atoms with van der Waals surface area (Å²) >= 11 is 1.52. The number of urea groups is 1. The summed E-state index contributed by atoms with van der Waals surface area (Å²) in [6, 6.07) is 2.56. The van der Waals surface area contributed by atoms with Gasteiger partial charge in [0.15, 0.2) is 0 Å². The minimum atomic E-state index is -0.952. The van der Waals surface area contributed by atoms with Gasteiger partial charge < -0.3 is 14.8 Å². The predicted octanol–water partition coefficient (Wildman–Crippen LogP) is 2.02. The maximum absolute atomic E-state index is 12.3. The number of carbonyl (C=O) groups excluding carboxylic acids is 1. The highest BCUT2D eigenvalue weighted by Gasteiger charge is 2.42. The van der Waals surface area contributed by atoms with E-state index in [4.69, 9.17) is 4.42 Å². The first-order chi connectivity index (χ1) is 10.0. The van der Waals surface area contributed by atoms with Crippen molar-refractivity contribution in [1.82, 2.24) is 10.2 Å². The number of nitrogens with zero attached hydrogens (tertiary/aromatic N) is 1. The van der Waals surface area contributed by atoms with E-state index >= 15 is 0 Å². The zero-order valence-corrected chi connectivity index (χ0v) is 12.9. The molecule has 1 fully saturated rings. The van der Waals surface area contributed by atoms with Gasteiger partial charge in [0, 0.05) is 18.7 Å². The highest BCUT2D eigenvalue weighted by atomic mass is 32.2. The van der Waals surface area contributed by atoms with Crippen molar-refractivity contribution in [2.45, 2.75) is 31.7 Å². The molecule has 0 saturated carbocycles. The van der Waals surface area contributed by atoms with Crippen LogP contribution in [0, 0.1) is 5.92 Å². The van der Waals surface area contributed by atoms with Crippen LogP contribution in [-0.4, -0.2) is 45.7 Å². The van der Waals surface area contributed by atoms with E-state index in [2.05, 4.69) is 5.32 Å². The minimum Gasteiger partial charge on any atom is -0.480 e. The molecule has 7 heteroatoms. The number of carbonyl (C=O) groups is 2. The zero-order valence-electron chi connectivity index (χ0n) is 12.1. The Morgan fingerprint density at radius 1 is 1.57 bits per heavy atom. The van der Waals surface area contributed by atoms with Crippen LogP contribution in [0.3, 0.4) is 0 Å². The molecule has 2 N–H and O–H groups in total. The number of thioether (sulfide) groups is 1. The predicted molar refractivity (Wildman–Crippen MR) is 80.2 cm³/mol. The first kappa shape index (κ1) is 15.8. The summed E-state index contributed by atoms with van der Waals surface area (Å²) < 4.78 is 5.20. The van der Waals surface area contributed by atoms with Crippen LogP contribution in [0.2, 0.25) is 0 Å². The normalized spacial score (nSPS) is 21.8. The van der Waals surface area contributed by atoms with Crippen LogP contribution >= 0.6 is 11.8 Å². The van der Waals surface area contributed by atoms with Crippen LogP contribution in [0.25, 0.3) is 0 Å². The van der Waals surface area contributed by atoms with Crippen LogP contribution in [0.15, 0.2) is 22.8 Å². The third kappa shape index (κ3) is 3.72. The number of aliphatic carboxylic acids is 1. The molecular weight excluding hydrogens is 292 g/mol. The van der Waals surface area contributed by atoms with Crippen molar-refractivity contribution in [3.05, 3.63) is 24.2 Å². The molecule has 21 heavy (non-hydrogen) atoms. The van der Waals surface area contributed by atoms with Gasteiger partial charge in [-0.05, 0) is 18.1 Å². The highest BCUT2D eigenvalue weighted by molar-refractivity contribution is 8.00. The van der Waals surface area contributed by atoms with Crippen molar-refractivity contribution in [3.8, 4) is 0 Å². The molecule has 6 nitrogen and oxygen atoms in total. The first-order valence-electron chi connectivity index (χ1n) is 6.93. The molecule has 2 amide bonds. The molecule has 0 radical (unpaired) electrons. The number of carboxylic acids is 1. The second-order valence-electron chi connectivity index (χ2n) is 5.29. The lowest BCUT2D eigenvalue weighted by Crippen LogP contribution is -2.51. The van der Waals surface area contributed by atoms with Crippen LogP contribution < -0.4 is 5.32 Å². The Morgan fingerprint density at radius 3 is 2.90 bits per heavy atom. The van der Waals surface area contributed by atoms with Gasteiger partial charge in [-0.25, -0.2) is 9.59 Å². The Hall–Kier alpha value is -1.63. The monoisotopic (exact) mass is 312 g/mol. The summed E-state index contributed by atoms with van der Waals surface area (Å²) in [4.78, 5) is 25.1. The zero-order chi connectivity index (χ0) is 15.4. The molecule has 1 saturated heterocycles. The van der Waals surface area contributed by atoms with Crippen LogP contribution in [0.1, 0.15) is 19.6 Å². The van der Waals surface area contributed by atoms with Gasteiger partial charge in [0.2, 0.25) is 0 Å². The highest BCUT2D eigenvalue weighted by Crippen LogP contribution is 2.33. The second-order valence-corrected chi connectivity index (χ2v) is 6.44. The number of nitrogens with one attached hydrogen (secondary N) is 1. The van der Waals surface area contributed by atoms with Gasteiger partial charge in [-0.2, -0.15) is 0 Å². The van der Waals surface area contributed by atoms with Crippen molar-refractivity contribution >= 4 is 23.8 Å². The minimum absolute atomic E-state index is 0.102. The number of rotatable bonds is 5. The van der Waals surface area contributed by atoms with E-state index in [0.717, 1.165) is 5.76 Å². The van der Waals surface area contributed by atoms with E-state index in [-0.39, 0.29) is 17.3 Å². The summed E-state index contributed by atoms with van der Waals surface area (Å²) in [5.74, 6) is 0.479. The van der Waals surface area contributed by atoms with Gasteiger partial charge >= 0.3 is 12.0 Å². The Balaban J connectivity index is 1.94. The molecule has 2 heterocycles. The maximum atomic E-state index is 12.3. The molecule has 0 bridgehead atoms. The molecule has 2 atom stereocenters. The molecule has 1 aromatic rings. The van der Waals surface area contributed by atoms with Gasteiger partial charge in [-0.15, -0.1) is 11.8 Å². The summed E-state index contributed by atoms with van der Waals surface area (Å²) in [6.45, 7) is 4.40. The standard InChI is InChI=1S/C14H20N2O4S/c1-9(2)12-16(11(8-21-12)13(17)18)14(19)15-6-5-10-4-3-7-20-10/h3-4,7,9,11-12H,5-6,8H2,1-2H3,(H,15,19)(H,17,18). The Labute approximate surface area is 127 Å². The lowest BCUT2D eigenvalue weighted by molar-refractivity contribution is -0.141. The maximum Gasteiger partial charge on any atom is 0.327 e. The number of hydrogen-bond donors (Lipinski definition) is 2. The SMILES string of the molecule is CC(C)C1SCC(C(=O)O)N1C(=O)NCCc1ccco1. The topological polar surface area (TPSA) is 82.8 Å². The largest absolute Gasteiger partial charge is 0.480 e. The fraction of sp³-hybridized carbons (Fsp3) is 0.571. The smallest absolute Gasteiger partial charge is 0.327 e. The second kappa shape index (κ2) is 6.89. The molecule has 116 valence electrons. The van der Waals surface area contributed by atoms with E-state index in [9.17, 15) is 14.7 Å². The van der Waals surface area contributed by atoms with Gasteiger partial charge in [-0.1, -0.05) is 13.8 Å². The average molecular weight is 312 g/mol. The van der Waals surface area contributed by atoms with E-state index in [1.807, 2.05) is 19.9 Å². The van der Waals surface area contributed by atoms with Gasteiger partial charge in [0.25, 0.3) is 0 Å². The van der Waals surface area contributed by atoms with Crippen molar-refractivity contribution in [2.24, 2.45) is 5.92 Å². The molecule has 1 aromatic heterocycles. The Kier molecular flexibility index (Phi) is 5.17. The van der Waals surface area contributed by atoms with Crippen LogP contribution in [0.5, 0.6) is 0 Å². The fourth-order valence-corrected chi connectivity index (χ4v) is 3.80. The van der Waals surface area contributed by atoms with Crippen molar-refractivity contribution in [2.75, 3.05) is 12.3 Å². The van der Waals surface area contributed by atoms with E-state index in [0.29, 0.717) is 18.7 Å². The number of hydrogen-bond acceptors (Lipinski definition) is 4.